The Morgan fingerprint density at radius 2 is 1.65 bits per heavy atom. The molecule has 0 spiro atoms. The van der Waals surface area contributed by atoms with Gasteiger partial charge in [0.2, 0.25) is 5.91 Å². The van der Waals surface area contributed by atoms with E-state index >= 15 is 0 Å². The van der Waals surface area contributed by atoms with Crippen molar-refractivity contribution in [2.75, 3.05) is 39.8 Å². The number of ether oxygens (including phenoxy) is 1. The Kier molecular flexibility index (Phi) is 9.16. The minimum absolute atomic E-state index is 0. The van der Waals surface area contributed by atoms with Crippen LogP contribution < -0.4 is 5.32 Å². The largest absolute Gasteiger partial charge is 0.381 e. The van der Waals surface area contributed by atoms with E-state index < -0.39 is 0 Å². The van der Waals surface area contributed by atoms with E-state index in [1.807, 2.05) is 0 Å². The molecule has 136 valence electrons. The molecule has 23 heavy (non-hydrogen) atoms. The normalized spacial score (nSPS) is 27.3. The van der Waals surface area contributed by atoms with Crippen LogP contribution in [0.25, 0.3) is 0 Å². The zero-order valence-electron chi connectivity index (χ0n) is 14.0. The molecule has 0 unspecified atom stereocenters. The smallest absolute Gasteiger partial charge is 0.239 e. The number of carbonyl (C=O) groups excluding carboxylic acids is 1. The van der Waals surface area contributed by atoms with E-state index in [9.17, 15) is 4.79 Å². The summed E-state index contributed by atoms with van der Waals surface area (Å²) in [6.07, 6.45) is 6.93. The Balaban J connectivity index is 0.00000132. The van der Waals surface area contributed by atoms with Crippen molar-refractivity contribution < 1.29 is 9.53 Å². The van der Waals surface area contributed by atoms with Gasteiger partial charge in [0.1, 0.15) is 0 Å². The fourth-order valence-corrected chi connectivity index (χ4v) is 4.15. The van der Waals surface area contributed by atoms with Gasteiger partial charge in [0.25, 0.3) is 0 Å². The molecule has 0 bridgehead atoms. The van der Waals surface area contributed by atoms with Crippen LogP contribution in [0.5, 0.6) is 0 Å². The predicted octanol–water partition coefficient (Wildman–Crippen LogP) is 1.68. The number of likely N-dealkylation sites (tertiary alicyclic amines) is 2. The van der Waals surface area contributed by atoms with Crippen molar-refractivity contribution in [3.8, 4) is 0 Å². The van der Waals surface area contributed by atoms with Crippen molar-refractivity contribution in [1.82, 2.24) is 15.1 Å². The van der Waals surface area contributed by atoms with Crippen molar-refractivity contribution in [2.24, 2.45) is 0 Å². The molecule has 5 nitrogen and oxygen atoms in total. The zero-order valence-corrected chi connectivity index (χ0v) is 15.7. The van der Waals surface area contributed by atoms with E-state index in [1.165, 1.54) is 19.3 Å². The molecule has 0 aromatic carbocycles. The first-order chi connectivity index (χ1) is 10.3. The third-order valence-electron chi connectivity index (χ3n) is 5.44. The number of hydrogen-bond donors (Lipinski definition) is 1. The Morgan fingerprint density at radius 3 is 2.26 bits per heavy atom. The molecule has 1 N–H and O–H groups in total. The second-order valence-electron chi connectivity index (χ2n) is 6.64. The van der Waals surface area contributed by atoms with Gasteiger partial charge in [-0.25, -0.2) is 0 Å². The lowest BCUT2D eigenvalue weighted by Gasteiger charge is -2.39. The molecule has 3 aliphatic heterocycles. The number of halogens is 2. The number of amides is 1. The van der Waals surface area contributed by atoms with E-state index in [0.717, 1.165) is 52.0 Å². The number of nitrogens with zero attached hydrogens (tertiary/aromatic N) is 2. The molecular weight excluding hydrogens is 337 g/mol. The van der Waals surface area contributed by atoms with Crippen LogP contribution in [0, 0.1) is 0 Å². The molecule has 3 fully saturated rings. The van der Waals surface area contributed by atoms with Crippen molar-refractivity contribution in [1.29, 1.82) is 0 Å². The number of methoxy groups -OCH3 is 1. The molecule has 0 aliphatic carbocycles. The summed E-state index contributed by atoms with van der Waals surface area (Å²) in [5.74, 6) is 0.376. The van der Waals surface area contributed by atoms with E-state index in [0.29, 0.717) is 18.1 Å². The number of piperidine rings is 2. The molecule has 3 rings (SSSR count). The molecule has 7 heteroatoms. The van der Waals surface area contributed by atoms with Gasteiger partial charge >= 0.3 is 0 Å². The van der Waals surface area contributed by atoms with Crippen LogP contribution >= 0.6 is 24.8 Å². The lowest BCUT2D eigenvalue weighted by molar-refractivity contribution is -0.139. The van der Waals surface area contributed by atoms with E-state index in [1.54, 1.807) is 7.11 Å². The summed E-state index contributed by atoms with van der Waals surface area (Å²) in [6.45, 7) is 5.04. The van der Waals surface area contributed by atoms with Gasteiger partial charge in [-0.15, -0.1) is 24.8 Å². The highest BCUT2D eigenvalue weighted by molar-refractivity contribution is 5.85. The van der Waals surface area contributed by atoms with Crippen molar-refractivity contribution >= 4 is 30.7 Å². The maximum Gasteiger partial charge on any atom is 0.239 e. The lowest BCUT2D eigenvalue weighted by atomic mass is 10.0. The van der Waals surface area contributed by atoms with Crippen molar-refractivity contribution in [2.45, 2.75) is 56.7 Å². The highest BCUT2D eigenvalue weighted by atomic mass is 35.5. The number of nitrogens with one attached hydrogen (secondary N) is 1. The Bertz CT molecular complexity index is 359. The fourth-order valence-electron chi connectivity index (χ4n) is 4.15. The van der Waals surface area contributed by atoms with Gasteiger partial charge in [-0.1, -0.05) is 0 Å². The summed E-state index contributed by atoms with van der Waals surface area (Å²) in [6, 6.07) is 0.756. The Hall–Kier alpha value is -0.0700. The summed E-state index contributed by atoms with van der Waals surface area (Å²) >= 11 is 0. The minimum Gasteiger partial charge on any atom is -0.381 e. The van der Waals surface area contributed by atoms with E-state index in [2.05, 4.69) is 15.1 Å². The summed E-state index contributed by atoms with van der Waals surface area (Å²) in [5.41, 5.74) is 0. The highest BCUT2D eigenvalue weighted by Gasteiger charge is 2.38. The van der Waals surface area contributed by atoms with Gasteiger partial charge < -0.3 is 15.0 Å². The van der Waals surface area contributed by atoms with Crippen LogP contribution in [0.15, 0.2) is 0 Å². The van der Waals surface area contributed by atoms with Crippen LogP contribution in [-0.2, 0) is 9.53 Å². The summed E-state index contributed by atoms with van der Waals surface area (Å²) < 4.78 is 5.41. The van der Waals surface area contributed by atoms with Gasteiger partial charge in [0.15, 0.2) is 0 Å². The maximum atomic E-state index is 12.9. The summed E-state index contributed by atoms with van der Waals surface area (Å²) in [5, 5.41) is 3.42. The molecule has 0 radical (unpaired) electrons. The highest BCUT2D eigenvalue weighted by Crippen LogP contribution is 2.27. The van der Waals surface area contributed by atoms with Gasteiger partial charge in [0, 0.05) is 26.2 Å². The van der Waals surface area contributed by atoms with Crippen molar-refractivity contribution in [3.63, 3.8) is 0 Å². The third kappa shape index (κ3) is 4.95. The fraction of sp³-hybridized carbons (Fsp3) is 0.938. The van der Waals surface area contributed by atoms with Crippen LogP contribution in [-0.4, -0.2) is 73.7 Å². The van der Waals surface area contributed by atoms with Gasteiger partial charge in [-0.3, -0.25) is 9.69 Å². The standard InChI is InChI=1S/C16H29N3O2.2ClH/c1-21-14-6-11-18(12-7-14)16(20)15-3-2-10-19(15)13-4-8-17-9-5-13;;/h13-15,17H,2-12H2,1H3;2*1H/t15-;;/m0../s1. The topological polar surface area (TPSA) is 44.8 Å². The first-order valence-corrected chi connectivity index (χ1v) is 8.57. The van der Waals surface area contributed by atoms with Crippen LogP contribution in [0.3, 0.4) is 0 Å². The molecule has 1 amide bonds. The summed E-state index contributed by atoms with van der Waals surface area (Å²) in [7, 11) is 1.78. The predicted molar refractivity (Wildman–Crippen MR) is 96.7 cm³/mol. The third-order valence-corrected chi connectivity index (χ3v) is 5.44. The van der Waals surface area contributed by atoms with Crippen LogP contribution in [0.1, 0.15) is 38.5 Å². The monoisotopic (exact) mass is 367 g/mol. The second-order valence-corrected chi connectivity index (χ2v) is 6.64. The molecular formula is C16H31Cl2N3O2. The average Bonchev–Trinajstić information content (AvgIpc) is 3.04. The van der Waals surface area contributed by atoms with Gasteiger partial charge in [-0.05, 0) is 58.2 Å². The SMILES string of the molecule is COC1CCN(C(=O)[C@@H]2CCCN2C2CCNCC2)CC1.Cl.Cl. The number of hydrogen-bond acceptors (Lipinski definition) is 4. The molecule has 3 saturated heterocycles. The molecule has 1 atom stereocenters. The van der Waals surface area contributed by atoms with Gasteiger partial charge in [0.05, 0.1) is 12.1 Å². The van der Waals surface area contributed by atoms with Crippen LogP contribution in [0.2, 0.25) is 0 Å². The minimum atomic E-state index is 0. The first-order valence-electron chi connectivity index (χ1n) is 8.57. The van der Waals surface area contributed by atoms with Crippen molar-refractivity contribution in [3.05, 3.63) is 0 Å². The number of rotatable bonds is 3. The lowest BCUT2D eigenvalue weighted by Crippen LogP contribution is -2.53. The van der Waals surface area contributed by atoms with Gasteiger partial charge in [-0.2, -0.15) is 0 Å². The van der Waals surface area contributed by atoms with E-state index in [4.69, 9.17) is 4.74 Å². The molecule has 0 aromatic rings. The zero-order chi connectivity index (χ0) is 14.7. The second kappa shape index (κ2) is 10.0. The van der Waals surface area contributed by atoms with Crippen LogP contribution in [0.4, 0.5) is 0 Å². The molecule has 3 aliphatic rings. The molecule has 3 heterocycles. The maximum absolute atomic E-state index is 12.9. The molecule has 0 saturated carbocycles. The first kappa shape index (κ1) is 21.0. The van der Waals surface area contributed by atoms with E-state index in [-0.39, 0.29) is 30.9 Å². The average molecular weight is 368 g/mol. The molecule has 0 aromatic heterocycles. The quantitative estimate of drug-likeness (QED) is 0.824. The number of carbonyl (C=O) groups is 1. The Morgan fingerprint density at radius 1 is 1.00 bits per heavy atom. The Labute approximate surface area is 152 Å². The summed E-state index contributed by atoms with van der Waals surface area (Å²) in [4.78, 5) is 17.5.